The van der Waals surface area contributed by atoms with Crippen LogP contribution in [0, 0.1) is 34.0 Å². The smallest absolute Gasteiger partial charge is 0.312 e. The lowest BCUT2D eigenvalue weighted by atomic mass is 9.37. The lowest BCUT2D eigenvalue weighted by Gasteiger charge is -2.69. The topological polar surface area (TPSA) is 87.0 Å². The number of carbonyl (C=O) groups is 1. The minimum atomic E-state index is -0.851. The Kier molecular flexibility index (Phi) is 4.52. The van der Waals surface area contributed by atoms with Crippen LogP contribution in [0.3, 0.4) is 0 Å². The second-order valence-electron chi connectivity index (χ2n) is 11.7. The number of phenolic OH excluding ortho intramolecular Hbond substituents is 2. The number of ether oxygens (including phenoxy) is 1. The largest absolute Gasteiger partial charge is 0.508 e. The molecule has 5 rings (SSSR count). The number of carbonyl (C=O) groups excluding carboxylic acids is 1. The third-order valence-electron chi connectivity index (χ3n) is 10.2. The van der Waals surface area contributed by atoms with E-state index >= 15 is 0 Å². The van der Waals surface area contributed by atoms with Gasteiger partial charge in [0.1, 0.15) is 11.5 Å². The summed E-state index contributed by atoms with van der Waals surface area (Å²) in [6, 6.07) is 4.65. The molecule has 3 N–H and O–H groups in total. The van der Waals surface area contributed by atoms with Gasteiger partial charge >= 0.3 is 5.97 Å². The number of cyclic esters (lactones) is 1. The third kappa shape index (κ3) is 2.81. The molecule has 1 saturated heterocycles. The maximum atomic E-state index is 12.8. The van der Waals surface area contributed by atoms with Crippen LogP contribution >= 0.6 is 0 Å². The molecule has 7 atom stereocenters. The number of aliphatic hydroxyl groups is 1. The average Bonchev–Trinajstić information content (AvgIpc) is 2.70. The second-order valence-corrected chi connectivity index (χ2v) is 11.7. The zero-order valence-corrected chi connectivity index (χ0v) is 19.0. The molecule has 1 aromatic carbocycles. The fourth-order valence-electron chi connectivity index (χ4n) is 8.72. The Balaban J connectivity index is 1.56. The third-order valence-corrected chi connectivity index (χ3v) is 10.2. The van der Waals surface area contributed by atoms with Crippen molar-refractivity contribution in [2.24, 2.45) is 34.0 Å². The Morgan fingerprint density at radius 3 is 2.55 bits per heavy atom. The molecule has 0 radical (unpaired) electrons. The van der Waals surface area contributed by atoms with E-state index in [4.69, 9.17) is 4.74 Å². The molecular formula is C26H36O5. The summed E-state index contributed by atoms with van der Waals surface area (Å²) in [5.41, 5.74) is -0.677. The van der Waals surface area contributed by atoms with Gasteiger partial charge in [0.2, 0.25) is 0 Å². The molecule has 3 aliphatic carbocycles. The van der Waals surface area contributed by atoms with Gasteiger partial charge in [0, 0.05) is 5.41 Å². The minimum absolute atomic E-state index is 0.0104. The van der Waals surface area contributed by atoms with Crippen LogP contribution < -0.4 is 0 Å². The Morgan fingerprint density at radius 2 is 1.77 bits per heavy atom. The predicted octanol–water partition coefficient (Wildman–Crippen LogP) is 4.57. The van der Waals surface area contributed by atoms with Crippen LogP contribution in [-0.2, 0) is 16.0 Å². The predicted molar refractivity (Wildman–Crippen MR) is 116 cm³/mol. The van der Waals surface area contributed by atoms with E-state index in [2.05, 4.69) is 13.8 Å². The highest BCUT2D eigenvalue weighted by Crippen LogP contribution is 2.71. The van der Waals surface area contributed by atoms with Crippen LogP contribution in [0.25, 0.3) is 0 Å². The highest BCUT2D eigenvalue weighted by Gasteiger charge is 2.69. The molecule has 5 heteroatoms. The molecule has 4 fully saturated rings. The summed E-state index contributed by atoms with van der Waals surface area (Å²) < 4.78 is 5.87. The van der Waals surface area contributed by atoms with E-state index in [0.717, 1.165) is 38.5 Å². The van der Waals surface area contributed by atoms with E-state index < -0.39 is 5.60 Å². The summed E-state index contributed by atoms with van der Waals surface area (Å²) in [5, 5.41) is 32.0. The first kappa shape index (κ1) is 21.1. The van der Waals surface area contributed by atoms with Crippen LogP contribution in [0.2, 0.25) is 0 Å². The van der Waals surface area contributed by atoms with Crippen molar-refractivity contribution in [2.75, 3.05) is 6.61 Å². The number of phenols is 2. The number of benzene rings is 1. The van der Waals surface area contributed by atoms with E-state index in [9.17, 15) is 20.1 Å². The molecule has 4 aliphatic rings. The number of hydrogen-bond donors (Lipinski definition) is 3. The normalized spacial score (nSPS) is 46.6. The molecule has 0 aromatic heterocycles. The van der Waals surface area contributed by atoms with Gasteiger partial charge in [0.15, 0.2) is 0 Å². The van der Waals surface area contributed by atoms with E-state index in [1.165, 1.54) is 12.1 Å². The SMILES string of the molecule is C[C@@]12CC[C@H]3[C@]4(CCC[C@]3(C)C(=O)OC4)[C@H]1CC[C@](C)(O)[C@H]2Cc1cc(O)ccc1O. The van der Waals surface area contributed by atoms with Crippen molar-refractivity contribution in [1.29, 1.82) is 0 Å². The van der Waals surface area contributed by atoms with Crippen molar-refractivity contribution in [2.45, 2.75) is 77.7 Å². The molecule has 1 aliphatic heterocycles. The van der Waals surface area contributed by atoms with Crippen LogP contribution in [0.4, 0.5) is 0 Å². The summed E-state index contributed by atoms with van der Waals surface area (Å²) in [4.78, 5) is 12.8. The van der Waals surface area contributed by atoms with Crippen molar-refractivity contribution in [3.63, 3.8) is 0 Å². The van der Waals surface area contributed by atoms with E-state index in [0.29, 0.717) is 36.8 Å². The second kappa shape index (κ2) is 6.63. The maximum absolute atomic E-state index is 12.8. The first-order valence-electron chi connectivity index (χ1n) is 11.9. The van der Waals surface area contributed by atoms with Crippen molar-refractivity contribution >= 4 is 5.97 Å². The number of hydrogen-bond acceptors (Lipinski definition) is 5. The molecule has 0 spiro atoms. The molecule has 5 nitrogen and oxygen atoms in total. The van der Waals surface area contributed by atoms with E-state index in [1.807, 2.05) is 6.92 Å². The fourth-order valence-corrected chi connectivity index (χ4v) is 8.72. The number of rotatable bonds is 2. The van der Waals surface area contributed by atoms with Crippen LogP contribution in [0.15, 0.2) is 18.2 Å². The first-order chi connectivity index (χ1) is 14.5. The van der Waals surface area contributed by atoms with Gasteiger partial charge in [-0.15, -0.1) is 0 Å². The molecule has 0 amide bonds. The summed E-state index contributed by atoms with van der Waals surface area (Å²) in [5.74, 6) is 0.965. The Bertz CT molecular complexity index is 909. The zero-order valence-electron chi connectivity index (χ0n) is 19.0. The molecule has 2 bridgehead atoms. The lowest BCUT2D eigenvalue weighted by Crippen LogP contribution is -2.68. The molecule has 170 valence electrons. The highest BCUT2D eigenvalue weighted by atomic mass is 16.5. The Hall–Kier alpha value is -1.75. The fraction of sp³-hybridized carbons (Fsp3) is 0.731. The zero-order chi connectivity index (χ0) is 22.2. The maximum Gasteiger partial charge on any atom is 0.312 e. The van der Waals surface area contributed by atoms with Gasteiger partial charge in [-0.3, -0.25) is 4.79 Å². The Morgan fingerprint density at radius 1 is 1.03 bits per heavy atom. The summed E-state index contributed by atoms with van der Waals surface area (Å²) in [6.45, 7) is 6.90. The summed E-state index contributed by atoms with van der Waals surface area (Å²) in [6.07, 6.45) is 7.19. The molecule has 1 heterocycles. The van der Waals surface area contributed by atoms with E-state index in [-0.39, 0.29) is 39.6 Å². The van der Waals surface area contributed by atoms with Crippen LogP contribution in [0.1, 0.15) is 71.3 Å². The molecule has 0 unspecified atom stereocenters. The average molecular weight is 429 g/mol. The van der Waals surface area contributed by atoms with Crippen molar-refractivity contribution in [3.8, 4) is 11.5 Å². The van der Waals surface area contributed by atoms with Gasteiger partial charge in [-0.25, -0.2) is 0 Å². The minimum Gasteiger partial charge on any atom is -0.508 e. The summed E-state index contributed by atoms with van der Waals surface area (Å²) in [7, 11) is 0. The summed E-state index contributed by atoms with van der Waals surface area (Å²) >= 11 is 0. The molecule has 1 aromatic rings. The van der Waals surface area contributed by atoms with Crippen molar-refractivity contribution in [1.82, 2.24) is 0 Å². The number of fused-ring (bicyclic) bond motifs is 1. The van der Waals surface area contributed by atoms with Gasteiger partial charge in [-0.05, 0) is 106 Å². The van der Waals surface area contributed by atoms with E-state index in [1.54, 1.807) is 6.07 Å². The highest BCUT2D eigenvalue weighted by molar-refractivity contribution is 5.78. The van der Waals surface area contributed by atoms with Crippen LogP contribution in [-0.4, -0.2) is 33.5 Å². The molecule has 3 saturated carbocycles. The number of aromatic hydroxyl groups is 2. The van der Waals surface area contributed by atoms with Crippen molar-refractivity contribution < 1.29 is 24.9 Å². The van der Waals surface area contributed by atoms with Gasteiger partial charge in [-0.2, -0.15) is 0 Å². The molecular weight excluding hydrogens is 392 g/mol. The first-order valence-corrected chi connectivity index (χ1v) is 11.9. The molecule has 31 heavy (non-hydrogen) atoms. The van der Waals surface area contributed by atoms with Crippen LogP contribution in [0.5, 0.6) is 11.5 Å². The van der Waals surface area contributed by atoms with Gasteiger partial charge < -0.3 is 20.1 Å². The van der Waals surface area contributed by atoms with Gasteiger partial charge in [0.25, 0.3) is 0 Å². The van der Waals surface area contributed by atoms with Crippen molar-refractivity contribution in [3.05, 3.63) is 23.8 Å². The lowest BCUT2D eigenvalue weighted by molar-refractivity contribution is -0.256. The number of esters is 1. The van der Waals surface area contributed by atoms with Gasteiger partial charge in [0.05, 0.1) is 17.6 Å². The van der Waals surface area contributed by atoms with Gasteiger partial charge in [-0.1, -0.05) is 13.3 Å². The monoisotopic (exact) mass is 428 g/mol. The Labute approximate surface area is 184 Å². The standard InChI is InChI=1S/C26H36O5/c1-23-11-7-20-24(2)9-4-10-26(20,15-31-22(24)29)19(23)8-12-25(3,30)21(23)14-16-13-17(27)5-6-18(16)28/h5-6,13,19-21,27-28,30H,4,7-12,14-15H2,1-3H3/t19-,20+,21-,23+,24-,25-,26-/m0/s1. The quantitative estimate of drug-likeness (QED) is 0.475.